The van der Waals surface area contributed by atoms with E-state index in [1.54, 1.807) is 0 Å². The van der Waals surface area contributed by atoms with E-state index < -0.39 is 0 Å². The molecular formula is C29H18S. The molecule has 5 aromatic carbocycles. The van der Waals surface area contributed by atoms with Gasteiger partial charge in [0.2, 0.25) is 0 Å². The van der Waals surface area contributed by atoms with E-state index in [1.807, 2.05) is 11.3 Å². The first-order valence-electron chi connectivity index (χ1n) is 10.4. The van der Waals surface area contributed by atoms with Crippen molar-refractivity contribution in [2.45, 2.75) is 6.42 Å². The van der Waals surface area contributed by atoms with Crippen LogP contribution in [0.15, 0.2) is 97.1 Å². The van der Waals surface area contributed by atoms with Crippen LogP contribution < -0.4 is 0 Å². The molecule has 0 atom stereocenters. The van der Waals surface area contributed by atoms with Gasteiger partial charge < -0.3 is 0 Å². The molecule has 0 fully saturated rings. The quantitative estimate of drug-likeness (QED) is 0.260. The number of hydrogen-bond acceptors (Lipinski definition) is 1. The Morgan fingerprint density at radius 2 is 1.27 bits per heavy atom. The van der Waals surface area contributed by atoms with Crippen LogP contribution in [0.25, 0.3) is 53.2 Å². The maximum atomic E-state index is 2.38. The van der Waals surface area contributed by atoms with Crippen molar-refractivity contribution in [1.29, 1.82) is 0 Å². The summed E-state index contributed by atoms with van der Waals surface area (Å²) >= 11 is 1.88. The normalized spacial score (nSPS) is 12.5. The average Bonchev–Trinajstić information content (AvgIpc) is 3.17. The van der Waals surface area contributed by atoms with Gasteiger partial charge in [0.1, 0.15) is 0 Å². The highest BCUT2D eigenvalue weighted by Crippen LogP contribution is 2.44. The van der Waals surface area contributed by atoms with E-state index in [0.717, 1.165) is 6.42 Å². The van der Waals surface area contributed by atoms with Crippen molar-refractivity contribution in [2.24, 2.45) is 0 Å². The first-order chi connectivity index (χ1) is 14.9. The van der Waals surface area contributed by atoms with Crippen LogP contribution in [0, 0.1) is 0 Å². The Morgan fingerprint density at radius 3 is 2.27 bits per heavy atom. The highest BCUT2D eigenvalue weighted by atomic mass is 32.1. The molecule has 0 spiro atoms. The van der Waals surface area contributed by atoms with Gasteiger partial charge >= 0.3 is 0 Å². The van der Waals surface area contributed by atoms with Crippen molar-refractivity contribution in [3.8, 4) is 22.3 Å². The molecule has 1 heteroatoms. The maximum Gasteiger partial charge on any atom is 0.0355 e. The van der Waals surface area contributed by atoms with Crippen LogP contribution in [0.3, 0.4) is 0 Å². The minimum atomic E-state index is 1.01. The van der Waals surface area contributed by atoms with Crippen molar-refractivity contribution < 1.29 is 0 Å². The summed E-state index contributed by atoms with van der Waals surface area (Å²) in [5, 5.41) is 5.50. The van der Waals surface area contributed by atoms with Gasteiger partial charge in [-0.05, 0) is 68.8 Å². The molecule has 30 heavy (non-hydrogen) atoms. The van der Waals surface area contributed by atoms with Crippen LogP contribution in [-0.2, 0) is 6.42 Å². The van der Waals surface area contributed by atoms with Crippen molar-refractivity contribution in [2.75, 3.05) is 0 Å². The highest BCUT2D eigenvalue weighted by Gasteiger charge is 2.19. The molecule has 0 saturated carbocycles. The zero-order chi connectivity index (χ0) is 19.7. The Kier molecular flexibility index (Phi) is 3.30. The van der Waals surface area contributed by atoms with Gasteiger partial charge in [0.25, 0.3) is 0 Å². The van der Waals surface area contributed by atoms with Crippen LogP contribution in [0.1, 0.15) is 11.1 Å². The smallest absolute Gasteiger partial charge is 0.0355 e. The van der Waals surface area contributed by atoms with Gasteiger partial charge in [0.15, 0.2) is 0 Å². The second kappa shape index (κ2) is 6.04. The fraction of sp³-hybridized carbons (Fsp3) is 0.0345. The molecule has 140 valence electrons. The monoisotopic (exact) mass is 398 g/mol. The van der Waals surface area contributed by atoms with E-state index in [2.05, 4.69) is 97.1 Å². The van der Waals surface area contributed by atoms with Crippen LogP contribution in [0.2, 0.25) is 0 Å². The number of benzene rings is 5. The summed E-state index contributed by atoms with van der Waals surface area (Å²) in [6.45, 7) is 0. The first-order valence-corrected chi connectivity index (χ1v) is 11.2. The average molecular weight is 399 g/mol. The van der Waals surface area contributed by atoms with Gasteiger partial charge in [0, 0.05) is 20.2 Å². The van der Waals surface area contributed by atoms with E-state index in [-0.39, 0.29) is 0 Å². The molecule has 1 aromatic heterocycles. The third-order valence-corrected chi connectivity index (χ3v) is 7.65. The molecule has 1 aliphatic carbocycles. The van der Waals surface area contributed by atoms with Gasteiger partial charge in [-0.2, -0.15) is 0 Å². The summed E-state index contributed by atoms with van der Waals surface area (Å²) in [7, 11) is 0. The molecule has 7 rings (SSSR count). The third kappa shape index (κ3) is 2.21. The molecular weight excluding hydrogens is 380 g/mol. The molecule has 0 nitrogen and oxygen atoms in total. The van der Waals surface area contributed by atoms with Gasteiger partial charge in [-0.3, -0.25) is 0 Å². The van der Waals surface area contributed by atoms with E-state index in [0.29, 0.717) is 0 Å². The minimum absolute atomic E-state index is 1.01. The molecule has 0 N–H and O–H groups in total. The molecule has 0 unspecified atom stereocenters. The number of hydrogen-bond donors (Lipinski definition) is 0. The fourth-order valence-electron chi connectivity index (χ4n) is 5.14. The molecule has 0 radical (unpaired) electrons. The second-order valence-corrected chi connectivity index (χ2v) is 9.23. The predicted octanol–water partition coefficient (Wildman–Crippen LogP) is 8.45. The minimum Gasteiger partial charge on any atom is -0.135 e. The summed E-state index contributed by atoms with van der Waals surface area (Å²) in [5.74, 6) is 0. The van der Waals surface area contributed by atoms with Crippen LogP contribution in [0.5, 0.6) is 0 Å². The van der Waals surface area contributed by atoms with Crippen molar-refractivity contribution in [3.63, 3.8) is 0 Å². The lowest BCUT2D eigenvalue weighted by Gasteiger charge is -2.22. The Balaban J connectivity index is 1.53. The number of fused-ring (bicyclic) bond motifs is 5. The predicted molar refractivity (Wildman–Crippen MR) is 131 cm³/mol. The van der Waals surface area contributed by atoms with Gasteiger partial charge in [-0.15, -0.1) is 11.3 Å². The largest absolute Gasteiger partial charge is 0.135 e. The summed E-state index contributed by atoms with van der Waals surface area (Å²) in [4.78, 5) is 0. The summed E-state index contributed by atoms with van der Waals surface area (Å²) in [6.07, 6.45) is 1.01. The van der Waals surface area contributed by atoms with Crippen molar-refractivity contribution in [1.82, 2.24) is 0 Å². The third-order valence-electron chi connectivity index (χ3n) is 6.50. The van der Waals surface area contributed by atoms with Crippen LogP contribution in [0.4, 0.5) is 0 Å². The topological polar surface area (TPSA) is 0 Å². The number of rotatable bonds is 1. The highest BCUT2D eigenvalue weighted by molar-refractivity contribution is 7.25. The SMILES string of the molecule is c1ccc2c(c1)Cc1cccc3c(-c4ccc5sc6ccccc6c5c4)ccc-2c13. The maximum absolute atomic E-state index is 2.38. The molecule has 0 saturated heterocycles. The zero-order valence-electron chi connectivity index (χ0n) is 16.4. The van der Waals surface area contributed by atoms with E-state index in [4.69, 9.17) is 0 Å². The van der Waals surface area contributed by atoms with Crippen molar-refractivity contribution >= 4 is 42.3 Å². The summed E-state index contributed by atoms with van der Waals surface area (Å²) in [6, 6.07) is 36.0. The summed E-state index contributed by atoms with van der Waals surface area (Å²) < 4.78 is 2.72. The zero-order valence-corrected chi connectivity index (χ0v) is 17.2. The molecule has 0 amide bonds. The van der Waals surface area contributed by atoms with E-state index in [9.17, 15) is 0 Å². The van der Waals surface area contributed by atoms with E-state index in [1.165, 1.54) is 64.3 Å². The van der Waals surface area contributed by atoms with Gasteiger partial charge in [-0.1, -0.05) is 78.9 Å². The van der Waals surface area contributed by atoms with Crippen molar-refractivity contribution in [3.05, 3.63) is 108 Å². The lowest BCUT2D eigenvalue weighted by atomic mass is 9.81. The Bertz CT molecular complexity index is 1620. The summed E-state index contributed by atoms with van der Waals surface area (Å²) in [5.41, 5.74) is 8.24. The molecule has 1 heterocycles. The Hall–Kier alpha value is -3.42. The molecule has 0 bridgehead atoms. The lowest BCUT2D eigenvalue weighted by molar-refractivity contribution is 1.20. The van der Waals surface area contributed by atoms with Crippen LogP contribution >= 0.6 is 11.3 Å². The lowest BCUT2D eigenvalue weighted by Crippen LogP contribution is -2.01. The molecule has 1 aliphatic rings. The fourth-order valence-corrected chi connectivity index (χ4v) is 6.23. The Labute approximate surface area is 179 Å². The van der Waals surface area contributed by atoms with Crippen LogP contribution in [-0.4, -0.2) is 0 Å². The Morgan fingerprint density at radius 1 is 0.500 bits per heavy atom. The molecule has 0 aliphatic heterocycles. The van der Waals surface area contributed by atoms with E-state index >= 15 is 0 Å². The number of thiophene rings is 1. The molecule has 6 aromatic rings. The van der Waals surface area contributed by atoms with Gasteiger partial charge in [-0.25, -0.2) is 0 Å². The van der Waals surface area contributed by atoms with Gasteiger partial charge in [0.05, 0.1) is 0 Å². The second-order valence-electron chi connectivity index (χ2n) is 8.14. The standard InChI is InChI=1S/C29H18S/c1-2-8-21-18(6-1)16-20-7-5-10-24-22(13-14-25(21)29(20)24)19-12-15-28-26(17-19)23-9-3-4-11-27(23)30-28/h1-15,17H,16H2. The first kappa shape index (κ1) is 16.4.